The van der Waals surface area contributed by atoms with E-state index in [-0.39, 0.29) is 0 Å². The van der Waals surface area contributed by atoms with Gasteiger partial charge in [0.2, 0.25) is 0 Å². The molecule has 1 aromatic heterocycles. The third-order valence-corrected chi connectivity index (χ3v) is 1.21. The molecule has 0 spiro atoms. The Balaban J connectivity index is 2.65. The van der Waals surface area contributed by atoms with E-state index in [9.17, 15) is 0 Å². The quantitative estimate of drug-likeness (QED) is 0.553. The van der Waals surface area contributed by atoms with Crippen molar-refractivity contribution in [2.24, 2.45) is 0 Å². The maximum Gasteiger partial charge on any atom is 0.139 e. The maximum absolute atomic E-state index is 3.92. The summed E-state index contributed by atoms with van der Waals surface area (Å²) >= 11 is 0. The molecule has 0 atom stereocenters. The highest BCUT2D eigenvalue weighted by Gasteiger charge is 1.91. The Morgan fingerprint density at radius 2 is 2.44 bits per heavy atom. The number of nitrogens with zero attached hydrogens (tertiary/aromatic N) is 4. The van der Waals surface area contributed by atoms with Gasteiger partial charge in [0.15, 0.2) is 0 Å². The standard InChI is InChI=1S/C5H10N4/c1-3-8(2)9-5-6-4-7-9/h4-5H,3H2,1-2H3. The summed E-state index contributed by atoms with van der Waals surface area (Å²) in [5, 5.41) is 5.87. The van der Waals surface area contributed by atoms with Gasteiger partial charge in [0.05, 0.1) is 0 Å². The van der Waals surface area contributed by atoms with Crippen LogP contribution < -0.4 is 5.01 Å². The van der Waals surface area contributed by atoms with Crippen molar-refractivity contribution in [3.63, 3.8) is 0 Å². The van der Waals surface area contributed by atoms with Gasteiger partial charge in [0, 0.05) is 13.6 Å². The third-order valence-electron chi connectivity index (χ3n) is 1.21. The lowest BCUT2D eigenvalue weighted by Gasteiger charge is -2.14. The van der Waals surface area contributed by atoms with Crippen LogP contribution in [0.5, 0.6) is 0 Å². The van der Waals surface area contributed by atoms with Crippen LogP contribution in [0.25, 0.3) is 0 Å². The lowest BCUT2D eigenvalue weighted by molar-refractivity contribution is 0.595. The second-order valence-electron chi connectivity index (χ2n) is 1.79. The molecule has 1 aromatic rings. The molecule has 0 aromatic carbocycles. The second kappa shape index (κ2) is 2.48. The van der Waals surface area contributed by atoms with E-state index in [0.717, 1.165) is 6.54 Å². The zero-order chi connectivity index (χ0) is 6.69. The monoisotopic (exact) mass is 126 g/mol. The summed E-state index contributed by atoms with van der Waals surface area (Å²) in [7, 11) is 1.95. The van der Waals surface area contributed by atoms with Crippen molar-refractivity contribution < 1.29 is 0 Å². The van der Waals surface area contributed by atoms with E-state index >= 15 is 0 Å². The van der Waals surface area contributed by atoms with Gasteiger partial charge in [0.25, 0.3) is 0 Å². The smallest absolute Gasteiger partial charge is 0.139 e. The summed E-state index contributed by atoms with van der Waals surface area (Å²) in [6, 6.07) is 0. The zero-order valence-corrected chi connectivity index (χ0v) is 5.65. The summed E-state index contributed by atoms with van der Waals surface area (Å²) in [5.74, 6) is 0. The summed E-state index contributed by atoms with van der Waals surface area (Å²) in [4.78, 5) is 5.50. The fourth-order valence-electron chi connectivity index (χ4n) is 0.523. The van der Waals surface area contributed by atoms with E-state index in [1.807, 2.05) is 12.1 Å². The molecule has 0 radical (unpaired) electrons. The van der Waals surface area contributed by atoms with E-state index in [1.54, 1.807) is 11.1 Å². The molecular weight excluding hydrogens is 116 g/mol. The second-order valence-corrected chi connectivity index (χ2v) is 1.79. The van der Waals surface area contributed by atoms with Gasteiger partial charge in [-0.15, -0.1) is 5.10 Å². The van der Waals surface area contributed by atoms with Crippen LogP contribution in [0.15, 0.2) is 12.7 Å². The topological polar surface area (TPSA) is 34.0 Å². The van der Waals surface area contributed by atoms with Crippen LogP contribution in [-0.4, -0.2) is 28.5 Å². The first-order chi connectivity index (χ1) is 4.34. The van der Waals surface area contributed by atoms with Crippen molar-refractivity contribution in [1.29, 1.82) is 0 Å². The van der Waals surface area contributed by atoms with Crippen LogP contribution in [0.2, 0.25) is 0 Å². The molecule has 50 valence electrons. The van der Waals surface area contributed by atoms with Crippen LogP contribution in [-0.2, 0) is 0 Å². The minimum Gasteiger partial charge on any atom is -0.299 e. The van der Waals surface area contributed by atoms with Crippen LogP contribution in [0.3, 0.4) is 0 Å². The molecule has 0 unspecified atom stereocenters. The van der Waals surface area contributed by atoms with Gasteiger partial charge in [0.1, 0.15) is 12.7 Å². The molecule has 9 heavy (non-hydrogen) atoms. The normalized spacial score (nSPS) is 9.56. The highest BCUT2D eigenvalue weighted by molar-refractivity contribution is 4.72. The zero-order valence-electron chi connectivity index (χ0n) is 5.65. The molecule has 0 aliphatic carbocycles. The molecular formula is C5H10N4. The number of hydrogen-bond donors (Lipinski definition) is 0. The van der Waals surface area contributed by atoms with Crippen molar-refractivity contribution in [2.45, 2.75) is 6.92 Å². The Morgan fingerprint density at radius 3 is 2.89 bits per heavy atom. The molecule has 4 nitrogen and oxygen atoms in total. The SMILES string of the molecule is CCN(C)n1cncn1. The summed E-state index contributed by atoms with van der Waals surface area (Å²) in [6.45, 7) is 2.99. The minimum absolute atomic E-state index is 0.934. The van der Waals surface area contributed by atoms with Crippen molar-refractivity contribution in [1.82, 2.24) is 14.9 Å². The molecule has 4 heteroatoms. The van der Waals surface area contributed by atoms with Crippen LogP contribution >= 0.6 is 0 Å². The van der Waals surface area contributed by atoms with Crippen molar-refractivity contribution in [3.05, 3.63) is 12.7 Å². The first kappa shape index (κ1) is 6.07. The van der Waals surface area contributed by atoms with Crippen LogP contribution in [0, 0.1) is 0 Å². The van der Waals surface area contributed by atoms with Gasteiger partial charge in [-0.1, -0.05) is 0 Å². The Kier molecular flexibility index (Phi) is 1.67. The fourth-order valence-corrected chi connectivity index (χ4v) is 0.523. The molecule has 0 saturated heterocycles. The Hall–Kier alpha value is -1.06. The third kappa shape index (κ3) is 1.19. The van der Waals surface area contributed by atoms with Crippen molar-refractivity contribution >= 4 is 0 Å². The summed E-state index contributed by atoms with van der Waals surface area (Å²) < 4.78 is 0. The first-order valence-electron chi connectivity index (χ1n) is 2.90. The van der Waals surface area contributed by atoms with E-state index in [4.69, 9.17) is 0 Å². The van der Waals surface area contributed by atoms with Crippen molar-refractivity contribution in [2.75, 3.05) is 18.6 Å². The van der Waals surface area contributed by atoms with Crippen molar-refractivity contribution in [3.8, 4) is 0 Å². The molecule has 1 rings (SSSR count). The van der Waals surface area contributed by atoms with Gasteiger partial charge in [-0.2, -0.15) is 4.79 Å². The largest absolute Gasteiger partial charge is 0.299 e. The Morgan fingerprint density at radius 1 is 1.67 bits per heavy atom. The molecule has 0 amide bonds. The van der Waals surface area contributed by atoms with Gasteiger partial charge in [-0.25, -0.2) is 4.98 Å². The highest BCUT2D eigenvalue weighted by atomic mass is 15.7. The van der Waals surface area contributed by atoms with Crippen LogP contribution in [0.4, 0.5) is 0 Å². The average molecular weight is 126 g/mol. The predicted molar refractivity (Wildman–Crippen MR) is 34.7 cm³/mol. The highest BCUT2D eigenvalue weighted by Crippen LogP contribution is 1.79. The molecule has 0 fully saturated rings. The Bertz CT molecular complexity index is 157. The first-order valence-corrected chi connectivity index (χ1v) is 2.90. The van der Waals surface area contributed by atoms with E-state index in [0.29, 0.717) is 0 Å². The molecule has 0 aliphatic rings. The molecule has 0 N–H and O–H groups in total. The van der Waals surface area contributed by atoms with E-state index < -0.39 is 0 Å². The van der Waals surface area contributed by atoms with Gasteiger partial charge in [-0.3, -0.25) is 5.01 Å². The molecule has 0 saturated carbocycles. The maximum atomic E-state index is 3.92. The number of rotatable bonds is 2. The summed E-state index contributed by atoms with van der Waals surface area (Å²) in [6.07, 6.45) is 3.19. The minimum atomic E-state index is 0.934. The molecule has 0 aliphatic heterocycles. The van der Waals surface area contributed by atoms with Crippen LogP contribution in [0.1, 0.15) is 6.92 Å². The summed E-state index contributed by atoms with van der Waals surface area (Å²) in [5.41, 5.74) is 0. The average Bonchev–Trinajstić information content (AvgIpc) is 2.37. The van der Waals surface area contributed by atoms with E-state index in [2.05, 4.69) is 17.0 Å². The van der Waals surface area contributed by atoms with Gasteiger partial charge in [-0.05, 0) is 6.92 Å². The number of hydrogen-bond acceptors (Lipinski definition) is 3. The Labute approximate surface area is 54.1 Å². The molecule has 0 bridgehead atoms. The van der Waals surface area contributed by atoms with Gasteiger partial charge < -0.3 is 0 Å². The van der Waals surface area contributed by atoms with E-state index in [1.165, 1.54) is 6.33 Å². The predicted octanol–water partition coefficient (Wildman–Crippen LogP) is -0.134. The lowest BCUT2D eigenvalue weighted by atomic mass is 10.7. The lowest BCUT2D eigenvalue weighted by Crippen LogP contribution is -2.29. The van der Waals surface area contributed by atoms with Gasteiger partial charge >= 0.3 is 0 Å². The fraction of sp³-hybridized carbons (Fsp3) is 0.600. The molecule has 1 heterocycles. The number of aromatic nitrogens is 3.